The summed E-state index contributed by atoms with van der Waals surface area (Å²) in [7, 11) is 0. The van der Waals surface area contributed by atoms with E-state index in [0.29, 0.717) is 0 Å². The van der Waals surface area contributed by atoms with E-state index in [4.69, 9.17) is 0 Å². The molecule has 1 fully saturated rings. The molecule has 122 valence electrons. The lowest BCUT2D eigenvalue weighted by molar-refractivity contribution is 0.0889. The fraction of sp³-hybridized carbons (Fsp3) is 0.471. The van der Waals surface area contributed by atoms with Crippen molar-refractivity contribution in [3.63, 3.8) is 0 Å². The van der Waals surface area contributed by atoms with E-state index in [1.807, 2.05) is 31.2 Å². The van der Waals surface area contributed by atoms with Crippen LogP contribution in [-0.2, 0) is 0 Å². The third-order valence-corrected chi connectivity index (χ3v) is 4.26. The maximum atomic E-state index is 10.5. The Labute approximate surface area is 136 Å². The molecule has 0 bridgehead atoms. The predicted octanol–water partition coefficient (Wildman–Crippen LogP) is 2.25. The average Bonchev–Trinajstić information content (AvgIpc) is 2.62. The molecule has 2 aromatic rings. The van der Waals surface area contributed by atoms with Crippen molar-refractivity contribution >= 4 is 11.8 Å². The van der Waals surface area contributed by atoms with E-state index in [9.17, 15) is 5.11 Å². The zero-order valence-electron chi connectivity index (χ0n) is 13.4. The van der Waals surface area contributed by atoms with Gasteiger partial charge in [0, 0.05) is 32.0 Å². The molecule has 6 heteroatoms. The van der Waals surface area contributed by atoms with E-state index in [0.717, 1.165) is 49.9 Å². The fourth-order valence-corrected chi connectivity index (χ4v) is 2.99. The first-order chi connectivity index (χ1) is 11.3. The minimum Gasteiger partial charge on any atom is -0.387 e. The van der Waals surface area contributed by atoms with Crippen LogP contribution in [0.15, 0.2) is 36.7 Å². The molecule has 0 radical (unpaired) electrons. The van der Waals surface area contributed by atoms with E-state index in [2.05, 4.69) is 25.2 Å². The van der Waals surface area contributed by atoms with E-state index < -0.39 is 6.10 Å². The van der Waals surface area contributed by atoms with Gasteiger partial charge in [-0.05, 0) is 43.9 Å². The number of piperidine rings is 1. The van der Waals surface area contributed by atoms with E-state index in [1.165, 1.54) is 0 Å². The third kappa shape index (κ3) is 3.76. The second-order valence-corrected chi connectivity index (χ2v) is 5.80. The number of pyridine rings is 1. The van der Waals surface area contributed by atoms with Crippen LogP contribution in [0, 0.1) is 5.92 Å². The van der Waals surface area contributed by atoms with E-state index >= 15 is 0 Å². The summed E-state index contributed by atoms with van der Waals surface area (Å²) in [6.07, 6.45) is 4.84. The molecule has 23 heavy (non-hydrogen) atoms. The molecule has 1 saturated heterocycles. The van der Waals surface area contributed by atoms with Gasteiger partial charge >= 0.3 is 0 Å². The standard InChI is InChI=1S/C17H23N5O/c1-2-18-15-6-10-20-17(21-15)22-11-7-13(8-12-22)16(23)14-5-3-4-9-19-14/h3-6,9-10,13,16,23H,2,7-8,11-12H2,1H3,(H,18,20,21)/t16-/m1/s1. The van der Waals surface area contributed by atoms with Crippen LogP contribution >= 0.6 is 0 Å². The summed E-state index contributed by atoms with van der Waals surface area (Å²) in [6.45, 7) is 4.59. The highest BCUT2D eigenvalue weighted by Crippen LogP contribution is 2.30. The minimum absolute atomic E-state index is 0.234. The number of rotatable bonds is 5. The normalized spacial score (nSPS) is 17.0. The molecule has 2 N–H and O–H groups in total. The second-order valence-electron chi connectivity index (χ2n) is 5.80. The van der Waals surface area contributed by atoms with Crippen LogP contribution in [0.3, 0.4) is 0 Å². The molecular weight excluding hydrogens is 290 g/mol. The van der Waals surface area contributed by atoms with Crippen molar-refractivity contribution in [1.82, 2.24) is 15.0 Å². The van der Waals surface area contributed by atoms with Gasteiger partial charge in [0.15, 0.2) is 0 Å². The molecule has 3 heterocycles. The van der Waals surface area contributed by atoms with Gasteiger partial charge in [-0.15, -0.1) is 0 Å². The smallest absolute Gasteiger partial charge is 0.227 e. The van der Waals surface area contributed by atoms with Crippen LogP contribution in [0.5, 0.6) is 0 Å². The number of aliphatic hydroxyl groups is 1. The molecule has 0 aliphatic carbocycles. The summed E-state index contributed by atoms with van der Waals surface area (Å²) < 4.78 is 0. The zero-order chi connectivity index (χ0) is 16.1. The van der Waals surface area contributed by atoms with Gasteiger partial charge in [-0.2, -0.15) is 4.98 Å². The molecule has 0 spiro atoms. The fourth-order valence-electron chi connectivity index (χ4n) is 2.99. The highest BCUT2D eigenvalue weighted by atomic mass is 16.3. The third-order valence-electron chi connectivity index (χ3n) is 4.26. The molecule has 2 aromatic heterocycles. The molecule has 1 aliphatic heterocycles. The van der Waals surface area contributed by atoms with Crippen LogP contribution in [-0.4, -0.2) is 39.7 Å². The maximum absolute atomic E-state index is 10.5. The van der Waals surface area contributed by atoms with Gasteiger partial charge in [0.25, 0.3) is 0 Å². The Bertz CT molecular complexity index is 613. The Morgan fingerprint density at radius 3 is 2.74 bits per heavy atom. The number of aliphatic hydroxyl groups excluding tert-OH is 1. The number of nitrogens with one attached hydrogen (secondary N) is 1. The van der Waals surface area contributed by atoms with Gasteiger partial charge in [0.05, 0.1) is 11.8 Å². The number of aromatic nitrogens is 3. The highest BCUT2D eigenvalue weighted by Gasteiger charge is 2.27. The Morgan fingerprint density at radius 1 is 1.22 bits per heavy atom. The second kappa shape index (κ2) is 7.37. The SMILES string of the molecule is CCNc1ccnc(N2CCC([C@@H](O)c3ccccn3)CC2)n1. The first-order valence-electron chi connectivity index (χ1n) is 8.18. The monoisotopic (exact) mass is 313 g/mol. The quantitative estimate of drug-likeness (QED) is 0.882. The summed E-state index contributed by atoms with van der Waals surface area (Å²) in [6, 6.07) is 7.55. The van der Waals surface area contributed by atoms with Crippen molar-refractivity contribution < 1.29 is 5.11 Å². The van der Waals surface area contributed by atoms with Crippen molar-refractivity contribution in [1.29, 1.82) is 0 Å². The Morgan fingerprint density at radius 2 is 2.04 bits per heavy atom. The molecule has 1 atom stereocenters. The van der Waals surface area contributed by atoms with Crippen molar-refractivity contribution in [2.75, 3.05) is 29.9 Å². The summed E-state index contributed by atoms with van der Waals surface area (Å²) >= 11 is 0. The Balaban J connectivity index is 1.61. The lowest BCUT2D eigenvalue weighted by Crippen LogP contribution is -2.36. The molecule has 0 saturated carbocycles. The molecule has 0 aromatic carbocycles. The summed E-state index contributed by atoms with van der Waals surface area (Å²) in [5, 5.41) is 13.7. The van der Waals surface area contributed by atoms with Crippen molar-refractivity contribution in [2.45, 2.75) is 25.9 Å². The molecule has 1 aliphatic rings. The van der Waals surface area contributed by atoms with Gasteiger partial charge in [-0.1, -0.05) is 6.07 Å². The summed E-state index contributed by atoms with van der Waals surface area (Å²) in [5.74, 6) is 1.85. The van der Waals surface area contributed by atoms with Crippen LogP contribution in [0.25, 0.3) is 0 Å². The lowest BCUT2D eigenvalue weighted by atomic mass is 9.89. The Hall–Kier alpha value is -2.21. The molecule has 0 unspecified atom stereocenters. The number of nitrogens with zero attached hydrogens (tertiary/aromatic N) is 4. The number of hydrogen-bond donors (Lipinski definition) is 2. The molecular formula is C17H23N5O. The van der Waals surface area contributed by atoms with Crippen LogP contribution in [0.4, 0.5) is 11.8 Å². The molecule has 0 amide bonds. The Kier molecular flexibility index (Phi) is 5.02. The highest BCUT2D eigenvalue weighted by molar-refractivity contribution is 5.41. The van der Waals surface area contributed by atoms with E-state index in [1.54, 1.807) is 12.4 Å². The topological polar surface area (TPSA) is 74.2 Å². The van der Waals surface area contributed by atoms with Crippen molar-refractivity contribution in [2.24, 2.45) is 5.92 Å². The van der Waals surface area contributed by atoms with Gasteiger partial charge in [0.2, 0.25) is 5.95 Å². The summed E-state index contributed by atoms with van der Waals surface area (Å²) in [4.78, 5) is 15.4. The van der Waals surface area contributed by atoms with Gasteiger partial charge < -0.3 is 15.3 Å². The van der Waals surface area contributed by atoms with Gasteiger partial charge in [-0.3, -0.25) is 4.98 Å². The number of anilines is 2. The predicted molar refractivity (Wildman–Crippen MR) is 90.3 cm³/mol. The maximum Gasteiger partial charge on any atom is 0.227 e. The largest absolute Gasteiger partial charge is 0.387 e. The zero-order valence-corrected chi connectivity index (χ0v) is 13.4. The first kappa shape index (κ1) is 15.7. The molecule has 6 nitrogen and oxygen atoms in total. The van der Waals surface area contributed by atoms with Crippen LogP contribution < -0.4 is 10.2 Å². The summed E-state index contributed by atoms with van der Waals surface area (Å²) in [5.41, 5.74) is 0.761. The minimum atomic E-state index is -0.493. The van der Waals surface area contributed by atoms with Gasteiger partial charge in [-0.25, -0.2) is 4.98 Å². The van der Waals surface area contributed by atoms with Crippen molar-refractivity contribution in [3.8, 4) is 0 Å². The number of hydrogen-bond acceptors (Lipinski definition) is 6. The van der Waals surface area contributed by atoms with Crippen LogP contribution in [0.2, 0.25) is 0 Å². The lowest BCUT2D eigenvalue weighted by Gasteiger charge is -2.34. The van der Waals surface area contributed by atoms with Crippen LogP contribution in [0.1, 0.15) is 31.6 Å². The van der Waals surface area contributed by atoms with E-state index in [-0.39, 0.29) is 5.92 Å². The molecule has 3 rings (SSSR count). The first-order valence-corrected chi connectivity index (χ1v) is 8.18. The van der Waals surface area contributed by atoms with Gasteiger partial charge in [0.1, 0.15) is 5.82 Å². The van der Waals surface area contributed by atoms with Crippen molar-refractivity contribution in [3.05, 3.63) is 42.4 Å². The average molecular weight is 313 g/mol.